The molecule has 82 valence electrons. The normalized spacial score (nSPS) is 15.3. The lowest BCUT2D eigenvalue weighted by molar-refractivity contribution is 0.276. The standard InChI is InChI=1S/C9H15N5O/c1-12-2-3-13(7-12)4-5-14-9(15)8(10)6-11-14/h2-3,6,15H,4-5,7,10H2,1H3. The van der Waals surface area contributed by atoms with E-state index in [-0.39, 0.29) is 5.88 Å². The molecule has 1 aromatic rings. The van der Waals surface area contributed by atoms with Crippen LogP contribution >= 0.6 is 0 Å². The molecule has 6 heteroatoms. The van der Waals surface area contributed by atoms with Crippen LogP contribution in [0.25, 0.3) is 0 Å². The maximum absolute atomic E-state index is 9.49. The molecule has 1 aliphatic heterocycles. The first kappa shape index (κ1) is 9.70. The Kier molecular flexibility index (Phi) is 2.40. The molecule has 0 bridgehead atoms. The Bertz CT molecular complexity index is 373. The van der Waals surface area contributed by atoms with E-state index in [0.717, 1.165) is 13.2 Å². The lowest BCUT2D eigenvalue weighted by atomic mass is 10.5. The van der Waals surface area contributed by atoms with E-state index in [0.29, 0.717) is 12.2 Å². The zero-order chi connectivity index (χ0) is 10.8. The van der Waals surface area contributed by atoms with Crippen molar-refractivity contribution < 1.29 is 5.11 Å². The summed E-state index contributed by atoms with van der Waals surface area (Å²) in [6.07, 6.45) is 5.49. The summed E-state index contributed by atoms with van der Waals surface area (Å²) in [5, 5.41) is 13.5. The number of nitrogens with two attached hydrogens (primary N) is 1. The van der Waals surface area contributed by atoms with Gasteiger partial charge in [-0.2, -0.15) is 5.10 Å². The van der Waals surface area contributed by atoms with Gasteiger partial charge in [0, 0.05) is 26.0 Å². The van der Waals surface area contributed by atoms with Gasteiger partial charge in [0.15, 0.2) is 0 Å². The van der Waals surface area contributed by atoms with E-state index in [9.17, 15) is 5.11 Å². The van der Waals surface area contributed by atoms with Crippen LogP contribution in [0.15, 0.2) is 18.6 Å². The van der Waals surface area contributed by atoms with Crippen LogP contribution < -0.4 is 5.73 Å². The number of nitrogens with zero attached hydrogens (tertiary/aromatic N) is 4. The first-order valence-corrected chi connectivity index (χ1v) is 4.79. The molecule has 0 radical (unpaired) electrons. The van der Waals surface area contributed by atoms with Crippen molar-refractivity contribution in [1.29, 1.82) is 0 Å². The third-order valence-electron chi connectivity index (χ3n) is 2.37. The molecule has 0 unspecified atom stereocenters. The van der Waals surface area contributed by atoms with Crippen molar-refractivity contribution in [2.24, 2.45) is 0 Å². The minimum atomic E-state index is 0.0477. The van der Waals surface area contributed by atoms with Crippen LogP contribution in [0.3, 0.4) is 0 Å². The second-order valence-electron chi connectivity index (χ2n) is 3.66. The molecule has 3 N–H and O–H groups in total. The van der Waals surface area contributed by atoms with E-state index in [1.807, 2.05) is 19.4 Å². The Morgan fingerprint density at radius 3 is 2.80 bits per heavy atom. The molecule has 0 spiro atoms. The van der Waals surface area contributed by atoms with Crippen molar-refractivity contribution in [3.63, 3.8) is 0 Å². The third kappa shape index (κ3) is 1.98. The molecule has 2 heterocycles. The Labute approximate surface area is 88.2 Å². The van der Waals surface area contributed by atoms with Crippen molar-refractivity contribution in [3.8, 4) is 5.88 Å². The fraction of sp³-hybridized carbons (Fsp3) is 0.444. The molecule has 6 nitrogen and oxygen atoms in total. The van der Waals surface area contributed by atoms with Crippen molar-refractivity contribution in [2.45, 2.75) is 6.54 Å². The van der Waals surface area contributed by atoms with E-state index in [4.69, 9.17) is 5.73 Å². The third-order valence-corrected chi connectivity index (χ3v) is 2.37. The number of hydrogen-bond acceptors (Lipinski definition) is 5. The van der Waals surface area contributed by atoms with Crippen molar-refractivity contribution in [1.82, 2.24) is 19.6 Å². The summed E-state index contributed by atoms with van der Waals surface area (Å²) in [5.41, 5.74) is 5.80. The van der Waals surface area contributed by atoms with E-state index < -0.39 is 0 Å². The van der Waals surface area contributed by atoms with Gasteiger partial charge in [-0.3, -0.25) is 0 Å². The molecular weight excluding hydrogens is 194 g/mol. The fourth-order valence-corrected chi connectivity index (χ4v) is 1.51. The zero-order valence-electron chi connectivity index (χ0n) is 8.67. The Balaban J connectivity index is 1.89. The number of anilines is 1. The van der Waals surface area contributed by atoms with E-state index in [1.165, 1.54) is 10.9 Å². The van der Waals surface area contributed by atoms with Crippen molar-refractivity contribution in [3.05, 3.63) is 18.6 Å². The van der Waals surface area contributed by atoms with Crippen molar-refractivity contribution in [2.75, 3.05) is 26.0 Å². The highest BCUT2D eigenvalue weighted by molar-refractivity contribution is 5.45. The van der Waals surface area contributed by atoms with Gasteiger partial charge in [-0.15, -0.1) is 0 Å². The van der Waals surface area contributed by atoms with Gasteiger partial charge in [-0.25, -0.2) is 4.68 Å². The summed E-state index contributed by atoms with van der Waals surface area (Å²) >= 11 is 0. The van der Waals surface area contributed by atoms with Gasteiger partial charge < -0.3 is 20.6 Å². The molecule has 15 heavy (non-hydrogen) atoms. The molecule has 0 saturated heterocycles. The van der Waals surface area contributed by atoms with Crippen LogP contribution in [-0.2, 0) is 6.54 Å². The Morgan fingerprint density at radius 1 is 1.47 bits per heavy atom. The summed E-state index contributed by atoms with van der Waals surface area (Å²) in [7, 11) is 2.01. The first-order chi connectivity index (χ1) is 7.16. The van der Waals surface area contributed by atoms with E-state index in [2.05, 4.69) is 14.9 Å². The summed E-state index contributed by atoms with van der Waals surface area (Å²) in [4.78, 5) is 4.22. The summed E-state index contributed by atoms with van der Waals surface area (Å²) in [6, 6.07) is 0. The molecular formula is C9H15N5O. The number of rotatable bonds is 3. The van der Waals surface area contributed by atoms with Crippen LogP contribution in [0.2, 0.25) is 0 Å². The second-order valence-corrected chi connectivity index (χ2v) is 3.66. The maximum Gasteiger partial charge on any atom is 0.233 e. The minimum Gasteiger partial charge on any atom is -0.492 e. The topological polar surface area (TPSA) is 70.5 Å². The fourth-order valence-electron chi connectivity index (χ4n) is 1.51. The number of nitrogen functional groups attached to an aromatic ring is 1. The van der Waals surface area contributed by atoms with Crippen LogP contribution in [0.5, 0.6) is 5.88 Å². The van der Waals surface area contributed by atoms with E-state index in [1.54, 1.807) is 0 Å². The molecule has 0 amide bonds. The minimum absolute atomic E-state index is 0.0477. The Hall–Kier alpha value is -1.85. The molecule has 0 atom stereocenters. The maximum atomic E-state index is 9.49. The Morgan fingerprint density at radius 2 is 2.27 bits per heavy atom. The highest BCUT2D eigenvalue weighted by Crippen LogP contribution is 2.17. The predicted octanol–water partition coefficient (Wildman–Crippen LogP) is -0.153. The lowest BCUT2D eigenvalue weighted by Crippen LogP contribution is -2.26. The lowest BCUT2D eigenvalue weighted by Gasteiger charge is -2.17. The van der Waals surface area contributed by atoms with Crippen LogP contribution in [0.1, 0.15) is 0 Å². The van der Waals surface area contributed by atoms with Gasteiger partial charge in [0.25, 0.3) is 0 Å². The smallest absolute Gasteiger partial charge is 0.233 e. The molecule has 1 aromatic heterocycles. The van der Waals surface area contributed by atoms with Crippen molar-refractivity contribution >= 4 is 5.69 Å². The molecule has 1 aliphatic rings. The number of aromatic hydroxyl groups is 1. The molecule has 0 aromatic carbocycles. The SMILES string of the molecule is CN1C=CN(CCn2ncc(N)c2O)C1. The van der Waals surface area contributed by atoms with Gasteiger partial charge >= 0.3 is 0 Å². The molecule has 0 saturated carbocycles. The second kappa shape index (κ2) is 3.72. The van der Waals surface area contributed by atoms with Gasteiger partial charge in [-0.05, 0) is 0 Å². The monoisotopic (exact) mass is 209 g/mol. The number of aromatic nitrogens is 2. The molecule has 2 rings (SSSR count). The summed E-state index contributed by atoms with van der Waals surface area (Å²) in [5.74, 6) is 0.0477. The molecule has 0 fully saturated rings. The summed E-state index contributed by atoms with van der Waals surface area (Å²) < 4.78 is 1.50. The predicted molar refractivity (Wildman–Crippen MR) is 56.8 cm³/mol. The van der Waals surface area contributed by atoms with Gasteiger partial charge in [-0.1, -0.05) is 0 Å². The van der Waals surface area contributed by atoms with E-state index >= 15 is 0 Å². The average Bonchev–Trinajstić information content (AvgIpc) is 2.74. The quantitative estimate of drug-likeness (QED) is 0.724. The zero-order valence-corrected chi connectivity index (χ0v) is 8.67. The molecule has 0 aliphatic carbocycles. The van der Waals surface area contributed by atoms with Gasteiger partial charge in [0.05, 0.1) is 19.4 Å². The highest BCUT2D eigenvalue weighted by atomic mass is 16.3. The van der Waals surface area contributed by atoms with Crippen LogP contribution in [0.4, 0.5) is 5.69 Å². The highest BCUT2D eigenvalue weighted by Gasteiger charge is 2.10. The van der Waals surface area contributed by atoms with Crippen LogP contribution in [0, 0.1) is 0 Å². The van der Waals surface area contributed by atoms with Gasteiger partial charge in [0.1, 0.15) is 5.69 Å². The van der Waals surface area contributed by atoms with Gasteiger partial charge in [0.2, 0.25) is 5.88 Å². The van der Waals surface area contributed by atoms with Crippen LogP contribution in [-0.4, -0.2) is 44.9 Å². The first-order valence-electron chi connectivity index (χ1n) is 4.79. The average molecular weight is 209 g/mol. The largest absolute Gasteiger partial charge is 0.492 e. The number of hydrogen-bond donors (Lipinski definition) is 2. The summed E-state index contributed by atoms with van der Waals surface area (Å²) in [6.45, 7) is 2.30.